The number of nitrogens with zero attached hydrogens (tertiary/aromatic N) is 2. The summed E-state index contributed by atoms with van der Waals surface area (Å²) in [6.07, 6.45) is -3.28. The molecule has 14 heavy (non-hydrogen) atoms. The molecular formula is C6H2F4N2O2. The molecule has 0 aliphatic heterocycles. The van der Waals surface area contributed by atoms with Crippen LogP contribution in [-0.2, 0) is 0 Å². The molecule has 8 heteroatoms. The fourth-order valence-electron chi connectivity index (χ4n) is 0.755. The van der Waals surface area contributed by atoms with E-state index < -0.39 is 34.5 Å². The van der Waals surface area contributed by atoms with E-state index in [4.69, 9.17) is 0 Å². The number of nitro groups is 1. The highest BCUT2D eigenvalue weighted by Crippen LogP contribution is 2.26. The Morgan fingerprint density at radius 1 is 1.36 bits per heavy atom. The van der Waals surface area contributed by atoms with Gasteiger partial charge in [0.15, 0.2) is 0 Å². The van der Waals surface area contributed by atoms with Gasteiger partial charge in [0.25, 0.3) is 12.4 Å². The van der Waals surface area contributed by atoms with Crippen molar-refractivity contribution in [3.63, 3.8) is 0 Å². The summed E-state index contributed by atoms with van der Waals surface area (Å²) in [4.78, 5) is 11.2. The summed E-state index contributed by atoms with van der Waals surface area (Å²) in [5, 5.41) is 10.1. The molecule has 0 spiro atoms. The molecule has 4 nitrogen and oxygen atoms in total. The minimum absolute atomic E-state index is 0.127. The van der Waals surface area contributed by atoms with E-state index in [9.17, 15) is 27.7 Å². The number of halogens is 4. The van der Waals surface area contributed by atoms with Crippen molar-refractivity contribution in [3.8, 4) is 0 Å². The molecule has 0 radical (unpaired) electrons. The monoisotopic (exact) mass is 210 g/mol. The molecule has 0 amide bonds. The van der Waals surface area contributed by atoms with E-state index in [1.807, 2.05) is 0 Å². The average molecular weight is 210 g/mol. The van der Waals surface area contributed by atoms with E-state index in [0.717, 1.165) is 0 Å². The van der Waals surface area contributed by atoms with Crippen LogP contribution in [0.3, 0.4) is 0 Å². The second-order valence-electron chi connectivity index (χ2n) is 2.24. The van der Waals surface area contributed by atoms with Crippen LogP contribution in [-0.4, -0.2) is 9.91 Å². The Morgan fingerprint density at radius 2 is 1.93 bits per heavy atom. The van der Waals surface area contributed by atoms with Gasteiger partial charge >= 0.3 is 5.69 Å². The first-order valence-electron chi connectivity index (χ1n) is 3.22. The zero-order valence-electron chi connectivity index (χ0n) is 6.38. The fourth-order valence-corrected chi connectivity index (χ4v) is 0.755. The first-order valence-corrected chi connectivity index (χ1v) is 3.22. The molecular weight excluding hydrogens is 208 g/mol. The molecule has 0 saturated carbocycles. The van der Waals surface area contributed by atoms with Crippen molar-refractivity contribution < 1.29 is 22.5 Å². The predicted octanol–water partition coefficient (Wildman–Crippen LogP) is 2.21. The molecule has 0 saturated heterocycles. The number of pyridine rings is 1. The lowest BCUT2D eigenvalue weighted by molar-refractivity contribution is -0.388. The van der Waals surface area contributed by atoms with Crippen LogP contribution in [0, 0.1) is 22.0 Å². The van der Waals surface area contributed by atoms with Crippen LogP contribution in [0.1, 0.15) is 12.0 Å². The van der Waals surface area contributed by atoms with Crippen molar-refractivity contribution in [2.24, 2.45) is 0 Å². The fraction of sp³-hybridized carbons (Fsp3) is 0.167. The van der Waals surface area contributed by atoms with E-state index in [1.54, 1.807) is 0 Å². The first kappa shape index (κ1) is 10.4. The largest absolute Gasteiger partial charge is 0.324 e. The molecule has 0 bridgehead atoms. The predicted molar refractivity (Wildman–Crippen MR) is 35.8 cm³/mol. The summed E-state index contributed by atoms with van der Waals surface area (Å²) < 4.78 is 49.0. The molecule has 0 unspecified atom stereocenters. The molecule has 76 valence electrons. The molecule has 1 aromatic rings. The summed E-state index contributed by atoms with van der Waals surface area (Å²) >= 11 is 0. The molecule has 0 N–H and O–H groups in total. The molecule has 0 fully saturated rings. The van der Waals surface area contributed by atoms with Crippen molar-refractivity contribution in [2.75, 3.05) is 0 Å². The van der Waals surface area contributed by atoms with Crippen molar-refractivity contribution in [1.29, 1.82) is 0 Å². The highest BCUT2D eigenvalue weighted by atomic mass is 19.3. The van der Waals surface area contributed by atoms with E-state index in [-0.39, 0.29) is 6.07 Å². The van der Waals surface area contributed by atoms with E-state index in [2.05, 4.69) is 4.98 Å². The standard InChI is InChI=1S/C6H2F4N2O2/c7-4(8)2-1-3(12(13)14)6(10)11-5(2)9/h1,4H. The number of hydrogen-bond donors (Lipinski definition) is 0. The first-order chi connectivity index (χ1) is 6.43. The zero-order valence-corrected chi connectivity index (χ0v) is 6.38. The zero-order chi connectivity index (χ0) is 10.9. The van der Waals surface area contributed by atoms with Gasteiger partial charge in [-0.25, -0.2) is 8.78 Å². The molecule has 1 rings (SSSR count). The molecule has 0 aliphatic carbocycles. The minimum atomic E-state index is -3.28. The number of aromatic nitrogens is 1. The van der Waals surface area contributed by atoms with Gasteiger partial charge in [0, 0.05) is 6.07 Å². The second-order valence-corrected chi connectivity index (χ2v) is 2.24. The normalized spacial score (nSPS) is 10.6. The van der Waals surface area contributed by atoms with Gasteiger partial charge in [-0.2, -0.15) is 13.8 Å². The molecule has 0 atom stereocenters. The van der Waals surface area contributed by atoms with E-state index in [1.165, 1.54) is 0 Å². The van der Waals surface area contributed by atoms with Crippen molar-refractivity contribution in [3.05, 3.63) is 33.6 Å². The van der Waals surface area contributed by atoms with Crippen molar-refractivity contribution in [2.45, 2.75) is 6.43 Å². The highest BCUT2D eigenvalue weighted by molar-refractivity contribution is 5.32. The van der Waals surface area contributed by atoms with E-state index >= 15 is 0 Å². The maximum absolute atomic E-state index is 12.5. The highest BCUT2D eigenvalue weighted by Gasteiger charge is 2.24. The number of rotatable bonds is 2. The van der Waals surface area contributed by atoms with Gasteiger partial charge in [-0.05, 0) is 0 Å². The quantitative estimate of drug-likeness (QED) is 0.325. The maximum Gasteiger partial charge on any atom is 0.324 e. The lowest BCUT2D eigenvalue weighted by Crippen LogP contribution is -2.02. The Balaban J connectivity index is 3.34. The van der Waals surface area contributed by atoms with Crippen LogP contribution in [0.2, 0.25) is 0 Å². The average Bonchev–Trinajstić information content (AvgIpc) is 2.02. The lowest BCUT2D eigenvalue weighted by atomic mass is 10.2. The third-order valence-corrected chi connectivity index (χ3v) is 1.37. The van der Waals surface area contributed by atoms with Crippen molar-refractivity contribution >= 4 is 5.69 Å². The Kier molecular flexibility index (Phi) is 2.63. The van der Waals surface area contributed by atoms with Gasteiger partial charge < -0.3 is 0 Å². The van der Waals surface area contributed by atoms with Gasteiger partial charge in [0.2, 0.25) is 5.95 Å². The van der Waals surface area contributed by atoms with E-state index in [0.29, 0.717) is 0 Å². The topological polar surface area (TPSA) is 56.0 Å². The van der Waals surface area contributed by atoms with Crippen LogP contribution in [0.15, 0.2) is 6.07 Å². The summed E-state index contributed by atoms with van der Waals surface area (Å²) in [5.41, 5.74) is -2.57. The SMILES string of the molecule is O=[N+]([O-])c1cc(C(F)F)c(F)nc1F. The molecule has 0 aliphatic rings. The second kappa shape index (κ2) is 3.56. The van der Waals surface area contributed by atoms with Crippen LogP contribution in [0.4, 0.5) is 23.2 Å². The lowest BCUT2D eigenvalue weighted by Gasteiger charge is -2.00. The third-order valence-electron chi connectivity index (χ3n) is 1.37. The van der Waals surface area contributed by atoms with Crippen LogP contribution in [0.5, 0.6) is 0 Å². The summed E-state index contributed by atoms with van der Waals surface area (Å²) in [6, 6.07) is 0.127. The minimum Gasteiger partial charge on any atom is -0.258 e. The van der Waals surface area contributed by atoms with Crippen LogP contribution in [0.25, 0.3) is 0 Å². The van der Waals surface area contributed by atoms with Gasteiger partial charge in [-0.15, -0.1) is 0 Å². The Bertz CT molecular complexity index is 382. The Labute approximate surface area is 74.3 Å². The third kappa shape index (κ3) is 1.78. The molecule has 1 heterocycles. The molecule has 0 aromatic carbocycles. The summed E-state index contributed by atoms with van der Waals surface area (Å²) in [6.45, 7) is 0. The Hall–Kier alpha value is -1.73. The smallest absolute Gasteiger partial charge is 0.258 e. The molecule has 1 aromatic heterocycles. The number of alkyl halides is 2. The van der Waals surface area contributed by atoms with Crippen LogP contribution < -0.4 is 0 Å². The van der Waals surface area contributed by atoms with Crippen molar-refractivity contribution in [1.82, 2.24) is 4.98 Å². The maximum atomic E-state index is 12.5. The van der Waals surface area contributed by atoms with Crippen LogP contribution >= 0.6 is 0 Å². The number of hydrogen-bond acceptors (Lipinski definition) is 3. The van der Waals surface area contributed by atoms with Gasteiger partial charge in [-0.1, -0.05) is 0 Å². The van der Waals surface area contributed by atoms with Gasteiger partial charge in [0.05, 0.1) is 10.5 Å². The Morgan fingerprint density at radius 3 is 2.36 bits per heavy atom. The summed E-state index contributed by atoms with van der Waals surface area (Å²) in [7, 11) is 0. The summed E-state index contributed by atoms with van der Waals surface area (Å²) in [5.74, 6) is -3.47. The van der Waals surface area contributed by atoms with Gasteiger partial charge in [-0.3, -0.25) is 10.1 Å². The van der Waals surface area contributed by atoms with Gasteiger partial charge in [0.1, 0.15) is 0 Å².